The van der Waals surface area contributed by atoms with Gasteiger partial charge >= 0.3 is 11.7 Å². The number of rotatable bonds is 4. The van der Waals surface area contributed by atoms with Crippen LogP contribution in [0.1, 0.15) is 5.56 Å². The minimum Gasteiger partial charge on any atom is -0.493 e. The van der Waals surface area contributed by atoms with E-state index in [2.05, 4.69) is 20.8 Å². The molecule has 3 rings (SSSR count). The highest BCUT2D eigenvalue weighted by Gasteiger charge is 2.14. The summed E-state index contributed by atoms with van der Waals surface area (Å²) in [5.41, 5.74) is 0.993. The number of hydrogen-bond acceptors (Lipinski definition) is 5. The van der Waals surface area contributed by atoms with Gasteiger partial charge in [-0.1, -0.05) is 29.8 Å². The number of benzene rings is 2. The summed E-state index contributed by atoms with van der Waals surface area (Å²) in [7, 11) is 0. The number of carbonyl (C=O) groups is 1. The fraction of sp³-hybridized carbons (Fsp3) is 0. The highest BCUT2D eigenvalue weighted by Crippen LogP contribution is 2.17. The quantitative estimate of drug-likeness (QED) is 0.395. The maximum atomic E-state index is 12.1. The molecule has 0 radical (unpaired) electrons. The van der Waals surface area contributed by atoms with Gasteiger partial charge in [-0.3, -0.25) is 9.78 Å². The summed E-state index contributed by atoms with van der Waals surface area (Å²) < 4.78 is 0.878. The van der Waals surface area contributed by atoms with E-state index in [1.807, 2.05) is 0 Å². The number of nitrogens with one attached hydrogen (secondary N) is 3. The average molecular weight is 400 g/mol. The Morgan fingerprint density at radius 1 is 1.11 bits per heavy atom. The van der Waals surface area contributed by atoms with Crippen LogP contribution in [0.2, 0.25) is 5.02 Å². The van der Waals surface area contributed by atoms with E-state index in [0.29, 0.717) is 10.7 Å². The van der Waals surface area contributed by atoms with E-state index in [1.54, 1.807) is 30.3 Å². The van der Waals surface area contributed by atoms with Crippen molar-refractivity contribution in [3.05, 3.63) is 86.0 Å². The zero-order valence-corrected chi connectivity index (χ0v) is 15.0. The molecule has 2 aromatic carbocycles. The fourth-order valence-corrected chi connectivity index (χ4v) is 2.45. The molecule has 0 fully saturated rings. The van der Waals surface area contributed by atoms with Crippen LogP contribution in [-0.4, -0.2) is 26.9 Å². The van der Waals surface area contributed by atoms with Crippen molar-refractivity contribution in [3.63, 3.8) is 0 Å². The van der Waals surface area contributed by atoms with E-state index in [-0.39, 0.29) is 11.3 Å². The van der Waals surface area contributed by atoms with Crippen molar-refractivity contribution in [2.45, 2.75) is 0 Å². The van der Waals surface area contributed by atoms with Gasteiger partial charge in [-0.25, -0.2) is 19.6 Å². The monoisotopic (exact) mass is 399 g/mol. The first-order chi connectivity index (χ1) is 13.5. The van der Waals surface area contributed by atoms with Crippen LogP contribution in [0.4, 0.5) is 10.5 Å². The predicted octanol–water partition coefficient (Wildman–Crippen LogP) is 2.04. The minimum absolute atomic E-state index is 0.285. The van der Waals surface area contributed by atoms with E-state index in [9.17, 15) is 19.5 Å². The average Bonchev–Trinajstić information content (AvgIpc) is 2.66. The molecule has 3 aromatic rings. The number of urea groups is 1. The van der Waals surface area contributed by atoms with Gasteiger partial charge in [-0.15, -0.1) is 0 Å². The van der Waals surface area contributed by atoms with Gasteiger partial charge in [0.25, 0.3) is 5.56 Å². The van der Waals surface area contributed by atoms with Crippen LogP contribution in [0.5, 0.6) is 5.88 Å². The van der Waals surface area contributed by atoms with Gasteiger partial charge in [0.2, 0.25) is 5.88 Å². The van der Waals surface area contributed by atoms with E-state index in [4.69, 9.17) is 11.6 Å². The normalized spacial score (nSPS) is 10.8. The molecule has 0 aliphatic rings. The minimum atomic E-state index is -0.860. The lowest BCUT2D eigenvalue weighted by atomic mass is 10.3. The lowest BCUT2D eigenvalue weighted by molar-refractivity contribution is 0.252. The highest BCUT2D eigenvalue weighted by molar-refractivity contribution is 6.30. The number of aromatic nitrogens is 2. The second kappa shape index (κ2) is 8.23. The zero-order valence-electron chi connectivity index (χ0n) is 14.2. The summed E-state index contributed by atoms with van der Waals surface area (Å²) in [4.78, 5) is 37.9. The van der Waals surface area contributed by atoms with E-state index in [0.717, 1.165) is 10.8 Å². The summed E-state index contributed by atoms with van der Waals surface area (Å²) in [6.07, 6.45) is 0.935. The number of H-pyrrole nitrogens is 1. The van der Waals surface area contributed by atoms with Crippen molar-refractivity contribution in [1.29, 1.82) is 0 Å². The number of carbonyl (C=O) groups excluding carboxylic acids is 1. The van der Waals surface area contributed by atoms with Crippen LogP contribution < -0.4 is 22.0 Å². The Balaban J connectivity index is 1.84. The number of anilines is 1. The van der Waals surface area contributed by atoms with Gasteiger partial charge in [0.15, 0.2) is 0 Å². The molecular weight excluding hydrogens is 386 g/mol. The third-order valence-electron chi connectivity index (χ3n) is 3.60. The molecule has 0 spiro atoms. The smallest absolute Gasteiger partial charge is 0.339 e. The van der Waals surface area contributed by atoms with Crippen LogP contribution in [0.3, 0.4) is 0 Å². The van der Waals surface area contributed by atoms with Crippen molar-refractivity contribution in [3.8, 4) is 11.6 Å². The van der Waals surface area contributed by atoms with Gasteiger partial charge in [-0.05, 0) is 36.4 Å². The van der Waals surface area contributed by atoms with Gasteiger partial charge < -0.3 is 10.4 Å². The molecule has 1 aromatic heterocycles. The Labute approximate surface area is 162 Å². The first kappa shape index (κ1) is 18.9. The van der Waals surface area contributed by atoms with Crippen molar-refractivity contribution in [2.75, 3.05) is 5.32 Å². The zero-order chi connectivity index (χ0) is 20.1. The molecule has 28 heavy (non-hydrogen) atoms. The number of nitrogens with zero attached hydrogens (tertiary/aromatic N) is 2. The maximum Gasteiger partial charge on any atom is 0.339 e. The third-order valence-corrected chi connectivity index (χ3v) is 3.85. The lowest BCUT2D eigenvalue weighted by Gasteiger charge is -2.09. The fourth-order valence-electron chi connectivity index (χ4n) is 2.32. The molecule has 2 amide bonds. The maximum absolute atomic E-state index is 12.1. The van der Waals surface area contributed by atoms with Crippen molar-refractivity contribution < 1.29 is 9.90 Å². The SMILES string of the molecule is O=C(NN=Cc1c(O)n(-c2ccc(Cl)cc2)c(=O)[nH]c1=O)Nc1ccccc1. The van der Waals surface area contributed by atoms with Crippen molar-refractivity contribution >= 4 is 29.5 Å². The summed E-state index contributed by atoms with van der Waals surface area (Å²) in [6, 6.07) is 14.0. The number of aromatic amines is 1. The van der Waals surface area contributed by atoms with Crippen LogP contribution in [0.25, 0.3) is 5.69 Å². The molecule has 0 aliphatic heterocycles. The molecule has 0 atom stereocenters. The number of aromatic hydroxyl groups is 1. The number of hydrazone groups is 1. The number of amides is 2. The van der Waals surface area contributed by atoms with Gasteiger partial charge in [0.1, 0.15) is 5.56 Å². The first-order valence-corrected chi connectivity index (χ1v) is 8.33. The molecule has 142 valence electrons. The lowest BCUT2D eigenvalue weighted by Crippen LogP contribution is -2.31. The Morgan fingerprint density at radius 2 is 1.79 bits per heavy atom. The van der Waals surface area contributed by atoms with Crippen LogP contribution in [0, 0.1) is 0 Å². The van der Waals surface area contributed by atoms with E-state index >= 15 is 0 Å². The van der Waals surface area contributed by atoms with Crippen molar-refractivity contribution in [2.24, 2.45) is 5.10 Å². The van der Waals surface area contributed by atoms with E-state index < -0.39 is 23.2 Å². The Bertz CT molecular complexity index is 1140. The number of halogens is 1. The van der Waals surface area contributed by atoms with Crippen LogP contribution >= 0.6 is 11.6 Å². The molecule has 0 saturated heterocycles. The van der Waals surface area contributed by atoms with Crippen LogP contribution in [-0.2, 0) is 0 Å². The molecule has 0 bridgehead atoms. The molecule has 10 heteroatoms. The standard InChI is InChI=1S/C18H14ClN5O4/c19-11-6-8-13(9-7-11)24-16(26)14(15(25)22-18(24)28)10-20-23-17(27)21-12-4-2-1-3-5-12/h1-10,26H,(H2,21,23,27)(H,22,25,28). The second-order valence-electron chi connectivity index (χ2n) is 5.50. The van der Waals surface area contributed by atoms with Crippen LogP contribution in [0.15, 0.2) is 69.3 Å². The van der Waals surface area contributed by atoms with Gasteiger partial charge in [-0.2, -0.15) is 5.10 Å². The molecule has 0 saturated carbocycles. The molecule has 9 nitrogen and oxygen atoms in total. The summed E-state index contributed by atoms with van der Waals surface area (Å²) in [5, 5.41) is 17.0. The Morgan fingerprint density at radius 3 is 2.46 bits per heavy atom. The predicted molar refractivity (Wildman–Crippen MR) is 106 cm³/mol. The Hall–Kier alpha value is -3.85. The molecule has 1 heterocycles. The third kappa shape index (κ3) is 4.27. The molecule has 0 unspecified atom stereocenters. The topological polar surface area (TPSA) is 129 Å². The molecule has 4 N–H and O–H groups in total. The largest absolute Gasteiger partial charge is 0.493 e. The summed E-state index contributed by atoms with van der Waals surface area (Å²) >= 11 is 5.82. The highest BCUT2D eigenvalue weighted by atomic mass is 35.5. The van der Waals surface area contributed by atoms with Gasteiger partial charge in [0.05, 0.1) is 11.9 Å². The summed E-state index contributed by atoms with van der Waals surface area (Å²) in [6.45, 7) is 0. The molecular formula is C18H14ClN5O4. The molecule has 0 aliphatic carbocycles. The number of hydrogen-bond donors (Lipinski definition) is 4. The van der Waals surface area contributed by atoms with Crippen molar-refractivity contribution in [1.82, 2.24) is 15.0 Å². The van der Waals surface area contributed by atoms with E-state index in [1.165, 1.54) is 24.3 Å². The Kier molecular flexibility index (Phi) is 5.56. The van der Waals surface area contributed by atoms with Gasteiger partial charge in [0, 0.05) is 10.7 Å². The second-order valence-corrected chi connectivity index (χ2v) is 5.93. The summed E-state index contributed by atoms with van der Waals surface area (Å²) in [5.74, 6) is -0.634. The first-order valence-electron chi connectivity index (χ1n) is 7.95. The number of para-hydroxylation sites is 1.